The Hall–Kier alpha value is -3.12. The van der Waals surface area contributed by atoms with Gasteiger partial charge in [0.05, 0.1) is 15.9 Å². The first-order chi connectivity index (χ1) is 15.1. The van der Waals surface area contributed by atoms with Crippen molar-refractivity contribution < 1.29 is 4.42 Å². The molecule has 2 heterocycles. The monoisotopic (exact) mass is 466 g/mol. The molecule has 31 heavy (non-hydrogen) atoms. The van der Waals surface area contributed by atoms with Crippen molar-refractivity contribution in [3.8, 4) is 11.3 Å². The highest BCUT2D eigenvalue weighted by molar-refractivity contribution is 6.38. The minimum atomic E-state index is 0.391. The Kier molecular flexibility index (Phi) is 5.24. The largest absolute Gasteiger partial charge is 0.454 e. The minimum Gasteiger partial charge on any atom is -0.454 e. The van der Waals surface area contributed by atoms with E-state index in [4.69, 9.17) is 39.2 Å². The van der Waals surface area contributed by atoms with Gasteiger partial charge in [-0.15, -0.1) is 0 Å². The van der Waals surface area contributed by atoms with Crippen LogP contribution in [0, 0.1) is 0 Å². The van der Waals surface area contributed by atoms with Crippen molar-refractivity contribution in [1.29, 1.82) is 0 Å². The van der Waals surface area contributed by atoms with Gasteiger partial charge in [-0.25, -0.2) is 9.97 Å². The summed E-state index contributed by atoms with van der Waals surface area (Å²) in [5.41, 5.74) is 5.18. The lowest BCUT2D eigenvalue weighted by Crippen LogP contribution is -2.08. The maximum atomic E-state index is 6.43. The summed E-state index contributed by atoms with van der Waals surface area (Å²) in [5.74, 6) is 1.17. The first kappa shape index (κ1) is 19.8. The van der Waals surface area contributed by atoms with Crippen LogP contribution in [0.2, 0.25) is 15.1 Å². The van der Waals surface area contributed by atoms with Gasteiger partial charge in [-0.1, -0.05) is 46.9 Å². The average molecular weight is 468 g/mol. The molecule has 8 heteroatoms. The summed E-state index contributed by atoms with van der Waals surface area (Å²) in [6.07, 6.45) is 1.49. The van der Waals surface area contributed by atoms with Crippen molar-refractivity contribution in [3.63, 3.8) is 0 Å². The van der Waals surface area contributed by atoms with Crippen LogP contribution < -0.4 is 10.8 Å². The molecule has 3 aromatic carbocycles. The van der Waals surface area contributed by atoms with E-state index in [0.717, 1.165) is 16.5 Å². The maximum Gasteiger partial charge on any atom is 0.157 e. The number of nitrogens with one attached hydrogen (secondary N) is 1. The molecule has 0 spiro atoms. The smallest absolute Gasteiger partial charge is 0.157 e. The van der Waals surface area contributed by atoms with E-state index >= 15 is 0 Å². The lowest BCUT2D eigenvalue weighted by molar-refractivity contribution is 0.618. The highest BCUT2D eigenvalue weighted by atomic mass is 35.5. The molecule has 152 valence electrons. The van der Waals surface area contributed by atoms with Crippen LogP contribution in [0.15, 0.2) is 82.6 Å². The number of halogens is 3. The van der Waals surface area contributed by atoms with Gasteiger partial charge < -0.3 is 4.42 Å². The minimum absolute atomic E-state index is 0.391. The van der Waals surface area contributed by atoms with Gasteiger partial charge in [-0.2, -0.15) is 5.10 Å². The second-order valence-electron chi connectivity index (χ2n) is 6.73. The molecular weight excluding hydrogens is 455 g/mol. The molecule has 1 N–H and O–H groups in total. The number of aromatic nitrogens is 2. The standard InChI is InChI=1S/C23H13Cl3N4O/c24-14-7-5-13(6-8-14)21-11-20(17-9-15(25)10-18(26)22(17)31-21)29-30-23-16-3-1-2-4-19(16)27-12-28-23/h1-12H,(H,27,28,30). The number of para-hydroxylation sites is 1. The van der Waals surface area contributed by atoms with Gasteiger partial charge in [0.15, 0.2) is 11.4 Å². The Morgan fingerprint density at radius 3 is 2.45 bits per heavy atom. The number of hydrogen-bond acceptors (Lipinski definition) is 5. The fourth-order valence-electron chi connectivity index (χ4n) is 3.25. The molecule has 0 aliphatic rings. The molecule has 5 rings (SSSR count). The van der Waals surface area contributed by atoms with Crippen molar-refractivity contribution in [2.75, 3.05) is 5.43 Å². The molecule has 0 bridgehead atoms. The summed E-state index contributed by atoms with van der Waals surface area (Å²) >= 11 is 18.7. The molecule has 0 radical (unpaired) electrons. The van der Waals surface area contributed by atoms with Crippen LogP contribution in [-0.2, 0) is 0 Å². The second-order valence-corrected chi connectivity index (χ2v) is 8.01. The highest BCUT2D eigenvalue weighted by Crippen LogP contribution is 2.30. The predicted octanol–water partition coefficient (Wildman–Crippen LogP) is 6.93. The Labute approximate surface area is 191 Å². The number of anilines is 1. The first-order valence-corrected chi connectivity index (χ1v) is 10.4. The Bertz CT molecular complexity index is 1490. The normalized spacial score (nSPS) is 11.9. The van der Waals surface area contributed by atoms with E-state index in [1.807, 2.05) is 42.5 Å². The average Bonchev–Trinajstić information content (AvgIpc) is 2.78. The molecule has 2 aromatic heterocycles. The quantitative estimate of drug-likeness (QED) is 0.292. The summed E-state index contributed by atoms with van der Waals surface area (Å²) in [5, 5.41) is 8.22. The van der Waals surface area contributed by atoms with Crippen LogP contribution in [-0.4, -0.2) is 9.97 Å². The van der Waals surface area contributed by atoms with E-state index < -0.39 is 0 Å². The van der Waals surface area contributed by atoms with E-state index in [-0.39, 0.29) is 0 Å². The summed E-state index contributed by atoms with van der Waals surface area (Å²) in [4.78, 5) is 8.60. The van der Waals surface area contributed by atoms with Crippen molar-refractivity contribution in [2.24, 2.45) is 5.10 Å². The molecule has 0 aliphatic heterocycles. The van der Waals surface area contributed by atoms with E-state index in [1.165, 1.54) is 6.33 Å². The van der Waals surface area contributed by atoms with Gasteiger partial charge in [0.25, 0.3) is 0 Å². The molecule has 5 nitrogen and oxygen atoms in total. The lowest BCUT2D eigenvalue weighted by Gasteiger charge is -2.08. The Morgan fingerprint density at radius 2 is 1.61 bits per heavy atom. The summed E-state index contributed by atoms with van der Waals surface area (Å²) in [7, 11) is 0. The molecule has 0 aliphatic carbocycles. The van der Waals surface area contributed by atoms with Gasteiger partial charge in [-0.05, 0) is 48.5 Å². The SMILES string of the molecule is Clc1ccc(-c2cc(=NNc3ncnc4ccccc34)c3cc(Cl)cc(Cl)c3o2)cc1. The molecule has 0 fully saturated rings. The Balaban J connectivity index is 1.71. The highest BCUT2D eigenvalue weighted by Gasteiger charge is 2.11. The van der Waals surface area contributed by atoms with Crippen molar-refractivity contribution >= 4 is 62.5 Å². The predicted molar refractivity (Wildman–Crippen MR) is 125 cm³/mol. The number of nitrogens with zero attached hydrogens (tertiary/aromatic N) is 3. The third-order valence-corrected chi connectivity index (χ3v) is 5.47. The van der Waals surface area contributed by atoms with Crippen LogP contribution in [0.1, 0.15) is 0 Å². The zero-order valence-corrected chi connectivity index (χ0v) is 18.1. The zero-order chi connectivity index (χ0) is 21.4. The number of hydrogen-bond donors (Lipinski definition) is 1. The fourth-order valence-corrected chi connectivity index (χ4v) is 3.91. The molecular formula is C23H13Cl3N4O. The van der Waals surface area contributed by atoms with E-state index in [0.29, 0.717) is 43.0 Å². The number of rotatable bonds is 3. The third-order valence-electron chi connectivity index (χ3n) is 4.72. The van der Waals surface area contributed by atoms with Gasteiger partial charge >= 0.3 is 0 Å². The van der Waals surface area contributed by atoms with Crippen LogP contribution in [0.25, 0.3) is 33.2 Å². The maximum absolute atomic E-state index is 6.43. The van der Waals surface area contributed by atoms with Crippen LogP contribution >= 0.6 is 34.8 Å². The first-order valence-electron chi connectivity index (χ1n) is 9.27. The summed E-state index contributed by atoms with van der Waals surface area (Å²) in [6.45, 7) is 0. The van der Waals surface area contributed by atoms with Crippen molar-refractivity contribution in [2.45, 2.75) is 0 Å². The summed E-state index contributed by atoms with van der Waals surface area (Å²) < 4.78 is 6.09. The van der Waals surface area contributed by atoms with Crippen LogP contribution in [0.3, 0.4) is 0 Å². The summed E-state index contributed by atoms with van der Waals surface area (Å²) in [6, 6.07) is 20.2. The topological polar surface area (TPSA) is 63.3 Å². The third kappa shape index (κ3) is 3.95. The zero-order valence-electron chi connectivity index (χ0n) is 15.8. The van der Waals surface area contributed by atoms with Gasteiger partial charge in [0.1, 0.15) is 12.1 Å². The number of benzene rings is 3. The molecule has 0 amide bonds. The van der Waals surface area contributed by atoms with Gasteiger partial charge in [-0.3, -0.25) is 5.43 Å². The molecule has 0 atom stereocenters. The molecule has 0 saturated heterocycles. The van der Waals surface area contributed by atoms with Gasteiger partial charge in [0.2, 0.25) is 0 Å². The molecule has 0 saturated carbocycles. The van der Waals surface area contributed by atoms with Crippen molar-refractivity contribution in [1.82, 2.24) is 9.97 Å². The van der Waals surface area contributed by atoms with E-state index in [1.54, 1.807) is 24.3 Å². The van der Waals surface area contributed by atoms with Crippen LogP contribution in [0.5, 0.6) is 0 Å². The van der Waals surface area contributed by atoms with E-state index in [2.05, 4.69) is 20.5 Å². The van der Waals surface area contributed by atoms with Crippen molar-refractivity contribution in [3.05, 3.63) is 93.5 Å². The lowest BCUT2D eigenvalue weighted by atomic mass is 10.1. The van der Waals surface area contributed by atoms with Gasteiger partial charge in [0, 0.05) is 32.4 Å². The van der Waals surface area contributed by atoms with Crippen LogP contribution in [0.4, 0.5) is 5.82 Å². The Morgan fingerprint density at radius 1 is 0.806 bits per heavy atom. The molecule has 5 aromatic rings. The number of fused-ring (bicyclic) bond motifs is 2. The molecule has 0 unspecified atom stereocenters. The second kappa shape index (κ2) is 8.19. The van der Waals surface area contributed by atoms with E-state index in [9.17, 15) is 0 Å². The fraction of sp³-hybridized carbons (Fsp3) is 0.